The van der Waals surface area contributed by atoms with Gasteiger partial charge < -0.3 is 20.5 Å². The van der Waals surface area contributed by atoms with Gasteiger partial charge in [0.05, 0.1) is 25.5 Å². The van der Waals surface area contributed by atoms with E-state index in [0.717, 1.165) is 0 Å². The molecule has 0 atom stereocenters. The Bertz CT molecular complexity index is 699. The molecule has 2 amide bonds. The Labute approximate surface area is 127 Å². The van der Waals surface area contributed by atoms with E-state index in [1.165, 1.54) is 26.4 Å². The summed E-state index contributed by atoms with van der Waals surface area (Å²) in [5.41, 5.74) is 6.23. The molecule has 6 nitrogen and oxygen atoms in total. The maximum atomic E-state index is 12.2. The number of rotatable bonds is 5. The van der Waals surface area contributed by atoms with Gasteiger partial charge in [-0.25, -0.2) is 0 Å². The lowest BCUT2D eigenvalue weighted by atomic mass is 10.1. The zero-order chi connectivity index (χ0) is 16.1. The van der Waals surface area contributed by atoms with Gasteiger partial charge in [-0.05, 0) is 18.2 Å². The number of ether oxygens (including phenoxy) is 2. The summed E-state index contributed by atoms with van der Waals surface area (Å²) in [6, 6.07) is 11.6. The van der Waals surface area contributed by atoms with Crippen LogP contribution >= 0.6 is 0 Å². The van der Waals surface area contributed by atoms with E-state index >= 15 is 0 Å². The van der Waals surface area contributed by atoms with E-state index in [9.17, 15) is 9.59 Å². The van der Waals surface area contributed by atoms with Crippen molar-refractivity contribution in [2.24, 2.45) is 5.73 Å². The number of nitrogens with two attached hydrogens (primary N) is 1. The molecule has 0 aliphatic carbocycles. The summed E-state index contributed by atoms with van der Waals surface area (Å²) in [5, 5.41) is 2.66. The van der Waals surface area contributed by atoms with Crippen LogP contribution in [0.3, 0.4) is 0 Å². The predicted molar refractivity (Wildman–Crippen MR) is 82.5 cm³/mol. The van der Waals surface area contributed by atoms with E-state index in [-0.39, 0.29) is 17.2 Å². The first-order valence-corrected chi connectivity index (χ1v) is 6.49. The van der Waals surface area contributed by atoms with Crippen molar-refractivity contribution in [3.8, 4) is 11.5 Å². The van der Waals surface area contributed by atoms with Crippen molar-refractivity contribution < 1.29 is 19.1 Å². The molecule has 0 radical (unpaired) electrons. The number of hydrogen-bond acceptors (Lipinski definition) is 4. The van der Waals surface area contributed by atoms with Gasteiger partial charge in [-0.3, -0.25) is 9.59 Å². The number of hydrogen-bond donors (Lipinski definition) is 2. The van der Waals surface area contributed by atoms with Crippen molar-refractivity contribution in [2.75, 3.05) is 19.5 Å². The van der Waals surface area contributed by atoms with Crippen molar-refractivity contribution in [1.29, 1.82) is 0 Å². The van der Waals surface area contributed by atoms with Gasteiger partial charge in [-0.1, -0.05) is 18.2 Å². The fraction of sp³-hybridized carbons (Fsp3) is 0.125. The van der Waals surface area contributed by atoms with Crippen LogP contribution in [-0.2, 0) is 0 Å². The van der Waals surface area contributed by atoms with Gasteiger partial charge >= 0.3 is 0 Å². The first kappa shape index (κ1) is 15.4. The summed E-state index contributed by atoms with van der Waals surface area (Å²) in [7, 11) is 2.91. The third kappa shape index (κ3) is 3.17. The average Bonchev–Trinajstić information content (AvgIpc) is 2.54. The fourth-order valence-electron chi connectivity index (χ4n) is 1.97. The van der Waals surface area contributed by atoms with Crippen LogP contribution in [0, 0.1) is 0 Å². The summed E-state index contributed by atoms with van der Waals surface area (Å²) < 4.78 is 10.3. The number of amides is 2. The van der Waals surface area contributed by atoms with Crippen LogP contribution in [0.15, 0.2) is 42.5 Å². The number of primary amides is 1. The summed E-state index contributed by atoms with van der Waals surface area (Å²) in [6.07, 6.45) is 0. The molecule has 0 bridgehead atoms. The molecule has 0 spiro atoms. The highest BCUT2D eigenvalue weighted by atomic mass is 16.5. The molecule has 0 saturated carbocycles. The molecule has 0 aromatic heterocycles. The fourth-order valence-corrected chi connectivity index (χ4v) is 1.97. The first-order chi connectivity index (χ1) is 10.6. The van der Waals surface area contributed by atoms with E-state index in [1.54, 1.807) is 24.3 Å². The molecule has 2 aromatic carbocycles. The van der Waals surface area contributed by atoms with Crippen LogP contribution in [0.25, 0.3) is 0 Å². The zero-order valence-electron chi connectivity index (χ0n) is 12.3. The van der Waals surface area contributed by atoms with Crippen LogP contribution < -0.4 is 20.5 Å². The molecule has 2 aromatic rings. The number of carbonyl (C=O) groups is 2. The lowest BCUT2D eigenvalue weighted by molar-refractivity contribution is 0.100. The largest absolute Gasteiger partial charge is 0.493 e. The van der Waals surface area contributed by atoms with E-state index in [2.05, 4.69) is 5.32 Å². The first-order valence-electron chi connectivity index (χ1n) is 6.49. The highest BCUT2D eigenvalue weighted by Gasteiger charge is 2.17. The highest BCUT2D eigenvalue weighted by Crippen LogP contribution is 2.33. The molecule has 0 saturated heterocycles. The molecule has 0 heterocycles. The number of benzene rings is 2. The number of anilines is 1. The lowest BCUT2D eigenvalue weighted by Crippen LogP contribution is -2.18. The Hall–Kier alpha value is -3.02. The zero-order valence-corrected chi connectivity index (χ0v) is 12.3. The average molecular weight is 300 g/mol. The molecular formula is C16H16N2O4. The summed E-state index contributed by atoms with van der Waals surface area (Å²) in [6.45, 7) is 0. The molecule has 2 rings (SSSR count). The molecule has 114 valence electrons. The van der Waals surface area contributed by atoms with Crippen molar-refractivity contribution in [2.45, 2.75) is 0 Å². The lowest BCUT2D eigenvalue weighted by Gasteiger charge is -2.14. The standard InChI is InChI=1S/C16H16N2O4/c1-21-13-8-11(15(17)19)12(9-14(13)22-2)18-16(20)10-6-4-3-5-7-10/h3-9H,1-2H3,(H2,17,19)(H,18,20). The number of carbonyl (C=O) groups excluding carboxylic acids is 2. The molecule has 6 heteroatoms. The van der Waals surface area contributed by atoms with Gasteiger partial charge in [0, 0.05) is 11.6 Å². The topological polar surface area (TPSA) is 90.6 Å². The van der Waals surface area contributed by atoms with Gasteiger partial charge in [0.15, 0.2) is 11.5 Å². The van der Waals surface area contributed by atoms with E-state index in [1.807, 2.05) is 6.07 Å². The second kappa shape index (κ2) is 6.62. The Morgan fingerprint density at radius 1 is 1.00 bits per heavy atom. The summed E-state index contributed by atoms with van der Waals surface area (Å²) in [4.78, 5) is 23.8. The second-order valence-corrected chi connectivity index (χ2v) is 4.44. The minimum atomic E-state index is -0.677. The second-order valence-electron chi connectivity index (χ2n) is 4.44. The monoisotopic (exact) mass is 300 g/mol. The maximum Gasteiger partial charge on any atom is 0.255 e. The normalized spacial score (nSPS) is 9.91. The summed E-state index contributed by atoms with van der Waals surface area (Å²) >= 11 is 0. The predicted octanol–water partition coefficient (Wildman–Crippen LogP) is 2.05. The maximum absolute atomic E-state index is 12.2. The Kier molecular flexibility index (Phi) is 4.63. The van der Waals surface area contributed by atoms with E-state index in [4.69, 9.17) is 15.2 Å². The van der Waals surface area contributed by atoms with Crippen LogP contribution in [-0.4, -0.2) is 26.0 Å². The van der Waals surface area contributed by atoms with Gasteiger partial charge in [0.2, 0.25) is 0 Å². The van der Waals surface area contributed by atoms with E-state index < -0.39 is 5.91 Å². The quantitative estimate of drug-likeness (QED) is 0.884. The van der Waals surface area contributed by atoms with Crippen LogP contribution in [0.5, 0.6) is 11.5 Å². The highest BCUT2D eigenvalue weighted by molar-refractivity contribution is 6.09. The Morgan fingerprint density at radius 2 is 1.59 bits per heavy atom. The van der Waals surface area contributed by atoms with Gasteiger partial charge in [-0.15, -0.1) is 0 Å². The molecule has 22 heavy (non-hydrogen) atoms. The van der Waals surface area contributed by atoms with Gasteiger partial charge in [-0.2, -0.15) is 0 Å². The Balaban J connectivity index is 2.41. The van der Waals surface area contributed by atoms with Crippen molar-refractivity contribution in [3.05, 3.63) is 53.6 Å². The minimum absolute atomic E-state index is 0.141. The van der Waals surface area contributed by atoms with Gasteiger partial charge in [0.1, 0.15) is 0 Å². The Morgan fingerprint density at radius 3 is 2.14 bits per heavy atom. The third-order valence-corrected chi connectivity index (χ3v) is 3.07. The molecular weight excluding hydrogens is 284 g/mol. The van der Waals surface area contributed by atoms with E-state index in [0.29, 0.717) is 17.1 Å². The third-order valence-electron chi connectivity index (χ3n) is 3.07. The van der Waals surface area contributed by atoms with Crippen LogP contribution in [0.1, 0.15) is 20.7 Å². The molecule has 0 aliphatic heterocycles. The number of methoxy groups -OCH3 is 2. The molecule has 0 aliphatic rings. The van der Waals surface area contributed by atoms with Crippen molar-refractivity contribution in [1.82, 2.24) is 0 Å². The van der Waals surface area contributed by atoms with Crippen molar-refractivity contribution in [3.63, 3.8) is 0 Å². The van der Waals surface area contributed by atoms with Crippen molar-refractivity contribution >= 4 is 17.5 Å². The molecule has 0 fully saturated rings. The molecule has 3 N–H and O–H groups in total. The minimum Gasteiger partial charge on any atom is -0.493 e. The van der Waals surface area contributed by atoms with Gasteiger partial charge in [0.25, 0.3) is 11.8 Å². The smallest absolute Gasteiger partial charge is 0.255 e. The summed E-state index contributed by atoms with van der Waals surface area (Å²) in [5.74, 6) is -0.287. The SMILES string of the molecule is COc1cc(NC(=O)c2ccccc2)c(C(N)=O)cc1OC. The molecule has 0 unspecified atom stereocenters. The number of nitrogens with one attached hydrogen (secondary N) is 1. The van der Waals surface area contributed by atoms with Crippen LogP contribution in [0.4, 0.5) is 5.69 Å². The van der Waals surface area contributed by atoms with Crippen LogP contribution in [0.2, 0.25) is 0 Å².